The molecule has 0 aliphatic carbocycles. The van der Waals surface area contributed by atoms with E-state index in [1.54, 1.807) is 14.2 Å². The molecule has 148 valence electrons. The molecule has 0 N–H and O–H groups in total. The molecule has 2 bridgehead atoms. The summed E-state index contributed by atoms with van der Waals surface area (Å²) in [6.45, 7) is 3.48. The fourth-order valence-corrected chi connectivity index (χ4v) is 5.54. The van der Waals surface area contributed by atoms with Gasteiger partial charge in [-0.2, -0.15) is 0 Å². The normalized spacial score (nSPS) is 30.7. The first-order valence-electron chi connectivity index (χ1n) is 10.4. The van der Waals surface area contributed by atoms with Crippen LogP contribution in [-0.4, -0.2) is 62.2 Å². The van der Waals surface area contributed by atoms with Crippen molar-refractivity contribution < 1.29 is 14.3 Å². The van der Waals surface area contributed by atoms with Gasteiger partial charge in [-0.25, -0.2) is 0 Å². The summed E-state index contributed by atoms with van der Waals surface area (Å²) in [5.74, 6) is 2.41. The molecule has 0 aromatic heterocycles. The lowest BCUT2D eigenvalue weighted by molar-refractivity contribution is -0.140. The maximum Gasteiger partial charge on any atom is 0.224 e. The van der Waals surface area contributed by atoms with Crippen LogP contribution in [0.2, 0.25) is 0 Å². The van der Waals surface area contributed by atoms with Gasteiger partial charge in [0.2, 0.25) is 5.91 Å². The van der Waals surface area contributed by atoms with Crippen molar-refractivity contribution in [3.05, 3.63) is 29.8 Å². The predicted octanol–water partition coefficient (Wildman–Crippen LogP) is 3.11. The van der Waals surface area contributed by atoms with Gasteiger partial charge in [-0.15, -0.1) is 0 Å². The number of carbonyl (C=O) groups is 1. The molecule has 1 aromatic rings. The van der Waals surface area contributed by atoms with Crippen LogP contribution < -0.4 is 4.74 Å². The first-order valence-corrected chi connectivity index (χ1v) is 10.4. The Hall–Kier alpha value is -1.59. The van der Waals surface area contributed by atoms with Gasteiger partial charge in [-0.05, 0) is 55.2 Å². The predicted molar refractivity (Wildman–Crippen MR) is 105 cm³/mol. The summed E-state index contributed by atoms with van der Waals surface area (Å²) < 4.78 is 10.4. The lowest BCUT2D eigenvalue weighted by atomic mass is 9.74. The van der Waals surface area contributed by atoms with Crippen LogP contribution >= 0.6 is 0 Å². The van der Waals surface area contributed by atoms with Crippen LogP contribution in [0, 0.1) is 11.8 Å². The molecule has 0 saturated carbocycles. The lowest BCUT2D eigenvalue weighted by Gasteiger charge is -2.55. The third-order valence-electron chi connectivity index (χ3n) is 6.76. The van der Waals surface area contributed by atoms with Gasteiger partial charge in [0, 0.05) is 38.8 Å². The largest absolute Gasteiger partial charge is 0.497 e. The third-order valence-corrected chi connectivity index (χ3v) is 6.76. The Labute approximate surface area is 162 Å². The number of benzene rings is 1. The van der Waals surface area contributed by atoms with Crippen molar-refractivity contribution in [3.63, 3.8) is 0 Å². The Balaban J connectivity index is 1.48. The zero-order valence-corrected chi connectivity index (χ0v) is 16.6. The van der Waals surface area contributed by atoms with E-state index < -0.39 is 0 Å². The number of ether oxygens (including phenoxy) is 2. The minimum Gasteiger partial charge on any atom is -0.497 e. The maximum absolute atomic E-state index is 12.5. The molecule has 0 radical (unpaired) electrons. The zero-order chi connectivity index (χ0) is 18.8. The molecule has 3 aliphatic rings. The van der Waals surface area contributed by atoms with Crippen molar-refractivity contribution >= 4 is 5.91 Å². The van der Waals surface area contributed by atoms with Crippen LogP contribution in [0.25, 0.3) is 0 Å². The summed E-state index contributed by atoms with van der Waals surface area (Å²) in [5.41, 5.74) is 1.41. The minimum absolute atomic E-state index is 0.266. The number of methoxy groups -OCH3 is 2. The van der Waals surface area contributed by atoms with Gasteiger partial charge < -0.3 is 14.4 Å². The molecule has 0 unspecified atom stereocenters. The number of likely N-dealkylation sites (tertiary alicyclic amines) is 1. The number of carbonyl (C=O) groups excluding carboxylic acids is 1. The van der Waals surface area contributed by atoms with Gasteiger partial charge >= 0.3 is 0 Å². The van der Waals surface area contributed by atoms with Crippen molar-refractivity contribution in [3.8, 4) is 5.75 Å². The van der Waals surface area contributed by atoms with E-state index >= 15 is 0 Å². The van der Waals surface area contributed by atoms with Gasteiger partial charge in [0.15, 0.2) is 0 Å². The fraction of sp³-hybridized carbons (Fsp3) is 0.682. The van der Waals surface area contributed by atoms with E-state index in [0.717, 1.165) is 25.4 Å². The van der Waals surface area contributed by atoms with Crippen LogP contribution in [0.1, 0.15) is 43.7 Å². The summed E-state index contributed by atoms with van der Waals surface area (Å²) in [6.07, 6.45) is 5.57. The van der Waals surface area contributed by atoms with E-state index in [1.165, 1.54) is 31.2 Å². The first kappa shape index (κ1) is 18.8. The van der Waals surface area contributed by atoms with Crippen LogP contribution in [-0.2, 0) is 9.53 Å². The first-order chi connectivity index (χ1) is 13.2. The quantitative estimate of drug-likeness (QED) is 0.796. The van der Waals surface area contributed by atoms with Gasteiger partial charge in [0.05, 0.1) is 20.1 Å². The highest BCUT2D eigenvalue weighted by molar-refractivity contribution is 5.76. The Bertz CT molecular complexity index is 647. The molecule has 5 nitrogen and oxygen atoms in total. The zero-order valence-electron chi connectivity index (χ0n) is 16.6. The second-order valence-corrected chi connectivity index (χ2v) is 8.39. The molecule has 3 saturated heterocycles. The number of hydrogen-bond acceptors (Lipinski definition) is 4. The molecule has 5 heteroatoms. The summed E-state index contributed by atoms with van der Waals surface area (Å²) in [7, 11) is 3.38. The van der Waals surface area contributed by atoms with E-state index in [9.17, 15) is 4.79 Å². The summed E-state index contributed by atoms with van der Waals surface area (Å²) in [5, 5.41) is 0. The van der Waals surface area contributed by atoms with Gasteiger partial charge in [0.1, 0.15) is 5.75 Å². The fourth-order valence-electron chi connectivity index (χ4n) is 5.54. The van der Waals surface area contributed by atoms with E-state index in [4.69, 9.17) is 9.47 Å². The Morgan fingerprint density at radius 3 is 2.67 bits per heavy atom. The standard InChI is InChI=1S/C22H32N2O3/c1-26-11-10-22(25)23-13-16-12-18(15-23)21-5-3-4-20(24(21)14-16)17-6-8-19(27-2)9-7-17/h6-9,16,18,20-21H,3-5,10-15H2,1-2H3/t16-,18+,20+,21-/m0/s1. The third kappa shape index (κ3) is 3.85. The van der Waals surface area contributed by atoms with Crippen LogP contribution in [0.4, 0.5) is 0 Å². The van der Waals surface area contributed by atoms with Crippen LogP contribution in [0.3, 0.4) is 0 Å². The number of piperidine rings is 3. The average molecular weight is 373 g/mol. The molecule has 4 atom stereocenters. The SMILES string of the molecule is COCCC(=O)N1C[C@@H]2C[C@H](C1)[C@@H]1CCC[C@H](c3ccc(OC)cc3)N1C2. The molecule has 3 fully saturated rings. The molecule has 3 aliphatic heterocycles. The van der Waals surface area contributed by atoms with Crippen molar-refractivity contribution in [2.24, 2.45) is 11.8 Å². The van der Waals surface area contributed by atoms with Gasteiger partial charge in [0.25, 0.3) is 0 Å². The van der Waals surface area contributed by atoms with Crippen molar-refractivity contribution in [1.29, 1.82) is 0 Å². The van der Waals surface area contributed by atoms with Crippen molar-refractivity contribution in [1.82, 2.24) is 9.80 Å². The Morgan fingerprint density at radius 2 is 1.93 bits per heavy atom. The molecule has 27 heavy (non-hydrogen) atoms. The highest BCUT2D eigenvalue weighted by atomic mass is 16.5. The number of hydrogen-bond donors (Lipinski definition) is 0. The second kappa shape index (κ2) is 8.19. The summed E-state index contributed by atoms with van der Waals surface area (Å²) >= 11 is 0. The molecule has 1 amide bonds. The summed E-state index contributed by atoms with van der Waals surface area (Å²) in [6, 6.07) is 9.75. The van der Waals surface area contributed by atoms with E-state index in [-0.39, 0.29) is 5.91 Å². The maximum atomic E-state index is 12.5. The number of rotatable bonds is 5. The molecule has 0 spiro atoms. The number of nitrogens with zero attached hydrogens (tertiary/aromatic N) is 2. The second-order valence-electron chi connectivity index (χ2n) is 8.39. The van der Waals surface area contributed by atoms with Crippen molar-refractivity contribution in [2.75, 3.05) is 40.5 Å². The van der Waals surface area contributed by atoms with Gasteiger partial charge in [-0.1, -0.05) is 12.1 Å². The average Bonchev–Trinajstić information content (AvgIpc) is 2.71. The minimum atomic E-state index is 0.266. The smallest absolute Gasteiger partial charge is 0.224 e. The van der Waals surface area contributed by atoms with E-state index in [2.05, 4.69) is 34.1 Å². The van der Waals surface area contributed by atoms with Gasteiger partial charge in [-0.3, -0.25) is 9.69 Å². The Kier molecular flexibility index (Phi) is 5.69. The molecule has 4 rings (SSSR count). The van der Waals surface area contributed by atoms with Crippen molar-refractivity contribution in [2.45, 2.75) is 44.2 Å². The highest BCUT2D eigenvalue weighted by Crippen LogP contribution is 2.44. The summed E-state index contributed by atoms with van der Waals surface area (Å²) in [4.78, 5) is 17.4. The Morgan fingerprint density at radius 1 is 1.11 bits per heavy atom. The lowest BCUT2D eigenvalue weighted by Crippen LogP contribution is -2.60. The molecular formula is C22H32N2O3. The molecule has 3 heterocycles. The van der Waals surface area contributed by atoms with Crippen LogP contribution in [0.15, 0.2) is 24.3 Å². The van der Waals surface area contributed by atoms with E-state index in [1.807, 2.05) is 0 Å². The van der Waals surface area contributed by atoms with Crippen LogP contribution in [0.5, 0.6) is 5.75 Å². The number of amides is 1. The van der Waals surface area contributed by atoms with E-state index in [0.29, 0.717) is 36.9 Å². The topological polar surface area (TPSA) is 42.0 Å². The molecule has 1 aromatic carbocycles. The number of fused-ring (bicyclic) bond motifs is 4. The molecular weight excluding hydrogens is 340 g/mol. The highest BCUT2D eigenvalue weighted by Gasteiger charge is 2.45. The monoisotopic (exact) mass is 372 g/mol.